The lowest BCUT2D eigenvalue weighted by molar-refractivity contribution is 0.274. The van der Waals surface area contributed by atoms with Gasteiger partial charge in [-0.05, 0) is 55.7 Å². The van der Waals surface area contributed by atoms with Crippen LogP contribution < -0.4 is 15.6 Å². The van der Waals surface area contributed by atoms with Gasteiger partial charge < -0.3 is 20.3 Å². The van der Waals surface area contributed by atoms with Crippen LogP contribution in [0, 0.1) is 0 Å². The number of aliphatic hydroxyl groups excluding tert-OH is 1. The lowest BCUT2D eigenvalue weighted by Crippen LogP contribution is -2.43. The fourth-order valence-electron chi connectivity index (χ4n) is 4.53. The summed E-state index contributed by atoms with van der Waals surface area (Å²) < 4.78 is 28.8. The second-order valence-electron chi connectivity index (χ2n) is 8.70. The number of hydrazine groups is 1. The normalized spacial score (nSPS) is 19.1. The van der Waals surface area contributed by atoms with Gasteiger partial charge in [0.25, 0.3) is 10.0 Å². The Hall–Kier alpha value is -2.66. The first-order valence-electron chi connectivity index (χ1n) is 11.7. The molecule has 2 aliphatic rings. The van der Waals surface area contributed by atoms with E-state index in [1.54, 1.807) is 18.3 Å². The first kappa shape index (κ1) is 24.5. The molecule has 184 valence electrons. The monoisotopic (exact) mass is 486 g/mol. The maximum absolute atomic E-state index is 13.7. The minimum atomic E-state index is -3.80. The van der Waals surface area contributed by atoms with Crippen molar-refractivity contribution in [1.82, 2.24) is 25.0 Å². The number of aliphatic hydroxyl groups is 1. The highest BCUT2D eigenvalue weighted by molar-refractivity contribution is 7.89. The van der Waals surface area contributed by atoms with Gasteiger partial charge in [0.05, 0.1) is 16.6 Å². The molecule has 2 aliphatic heterocycles. The van der Waals surface area contributed by atoms with E-state index >= 15 is 0 Å². The van der Waals surface area contributed by atoms with Crippen LogP contribution in [0.5, 0.6) is 0 Å². The van der Waals surface area contributed by atoms with Gasteiger partial charge in [0.15, 0.2) is 0 Å². The molecule has 2 aromatic rings. The van der Waals surface area contributed by atoms with Crippen molar-refractivity contribution >= 4 is 15.8 Å². The van der Waals surface area contributed by atoms with Crippen LogP contribution >= 0.6 is 0 Å². The Bertz CT molecular complexity index is 1130. The smallest absolute Gasteiger partial charge is 0.264 e. The van der Waals surface area contributed by atoms with E-state index in [0.717, 1.165) is 48.8 Å². The van der Waals surface area contributed by atoms with Crippen LogP contribution in [0.1, 0.15) is 20.3 Å². The van der Waals surface area contributed by atoms with Gasteiger partial charge >= 0.3 is 0 Å². The van der Waals surface area contributed by atoms with Crippen molar-refractivity contribution in [2.75, 3.05) is 51.3 Å². The van der Waals surface area contributed by atoms with E-state index in [2.05, 4.69) is 26.7 Å². The highest BCUT2D eigenvalue weighted by atomic mass is 32.2. The van der Waals surface area contributed by atoms with E-state index in [-0.39, 0.29) is 24.1 Å². The van der Waals surface area contributed by atoms with Crippen molar-refractivity contribution in [3.63, 3.8) is 0 Å². The average molecular weight is 487 g/mol. The van der Waals surface area contributed by atoms with Crippen LogP contribution in [0.25, 0.3) is 11.1 Å². The molecule has 0 saturated carbocycles. The molecular weight excluding hydrogens is 452 g/mol. The Morgan fingerprint density at radius 2 is 1.85 bits per heavy atom. The van der Waals surface area contributed by atoms with Gasteiger partial charge in [0.1, 0.15) is 5.82 Å². The largest absolute Gasteiger partial charge is 0.396 e. The van der Waals surface area contributed by atoms with Gasteiger partial charge in [0.2, 0.25) is 0 Å². The number of piperazine rings is 1. The number of allylic oxidation sites excluding steroid dienone is 1. The third kappa shape index (κ3) is 4.90. The summed E-state index contributed by atoms with van der Waals surface area (Å²) in [6.45, 7) is 7.67. The topological polar surface area (TPSA) is 101 Å². The lowest BCUT2D eigenvalue weighted by Gasteiger charge is -2.28. The summed E-state index contributed by atoms with van der Waals surface area (Å²) in [4.78, 5) is 7.00. The summed E-state index contributed by atoms with van der Waals surface area (Å²) in [7, 11) is -1.93. The molecular formula is C24H34N6O3S. The van der Waals surface area contributed by atoms with Crippen molar-refractivity contribution < 1.29 is 13.5 Å². The first-order chi connectivity index (χ1) is 16.3. The van der Waals surface area contributed by atoms with Crippen LogP contribution in [0.4, 0.5) is 5.82 Å². The van der Waals surface area contributed by atoms with Gasteiger partial charge in [-0.25, -0.2) is 18.8 Å². The van der Waals surface area contributed by atoms with E-state index in [1.165, 1.54) is 4.31 Å². The van der Waals surface area contributed by atoms with E-state index in [1.807, 2.05) is 44.1 Å². The van der Waals surface area contributed by atoms with E-state index < -0.39 is 10.0 Å². The number of hydrogen-bond donors (Lipinski definition) is 3. The average Bonchev–Trinajstić information content (AvgIpc) is 3.11. The molecule has 3 N–H and O–H groups in total. The molecule has 1 saturated heterocycles. The lowest BCUT2D eigenvalue weighted by atomic mass is 10.1. The summed E-state index contributed by atoms with van der Waals surface area (Å²) in [5.74, 6) is 0.931. The molecule has 10 heteroatoms. The number of sulfonamides is 1. The van der Waals surface area contributed by atoms with Crippen LogP contribution in [0.15, 0.2) is 58.9 Å². The standard InChI is InChI=1S/C24H34N6O3S/c1-18-24(19(2)28(3)27-18)30(13-4-16-31)34(32,33)22-7-5-20(6-8-22)21-9-10-26-23(17-21)29-14-11-25-12-15-29/h5-10,17-18,25,27,31H,4,11-16H2,1-3H3. The quantitative estimate of drug-likeness (QED) is 0.517. The summed E-state index contributed by atoms with van der Waals surface area (Å²) >= 11 is 0. The molecule has 0 bridgehead atoms. The molecule has 1 fully saturated rings. The number of hydrogen-bond acceptors (Lipinski definition) is 8. The van der Waals surface area contributed by atoms with Gasteiger partial charge in [-0.2, -0.15) is 0 Å². The minimum absolute atomic E-state index is 0.0770. The SMILES string of the molecule is CC1=C(N(CCCO)S(=O)(=O)c2ccc(-c3ccnc(N4CCNCC4)c3)cc2)C(C)NN1C. The second kappa shape index (κ2) is 10.3. The van der Waals surface area contributed by atoms with Crippen LogP contribution in [0.3, 0.4) is 0 Å². The summed E-state index contributed by atoms with van der Waals surface area (Å²) in [5.41, 5.74) is 6.72. The summed E-state index contributed by atoms with van der Waals surface area (Å²) in [6.07, 6.45) is 2.16. The van der Waals surface area contributed by atoms with Gasteiger partial charge in [-0.15, -0.1) is 0 Å². The highest BCUT2D eigenvalue weighted by Gasteiger charge is 2.34. The number of aromatic nitrogens is 1. The van der Waals surface area contributed by atoms with Crippen molar-refractivity contribution in [1.29, 1.82) is 0 Å². The Morgan fingerprint density at radius 1 is 1.15 bits per heavy atom. The van der Waals surface area contributed by atoms with Crippen molar-refractivity contribution in [3.05, 3.63) is 54.0 Å². The van der Waals surface area contributed by atoms with E-state index in [4.69, 9.17) is 0 Å². The highest BCUT2D eigenvalue weighted by Crippen LogP contribution is 2.30. The van der Waals surface area contributed by atoms with Gasteiger partial charge in [0, 0.05) is 58.3 Å². The number of nitrogens with zero attached hydrogens (tertiary/aromatic N) is 4. The zero-order chi connectivity index (χ0) is 24.3. The molecule has 1 atom stereocenters. The molecule has 9 nitrogen and oxygen atoms in total. The third-order valence-electron chi connectivity index (χ3n) is 6.42. The maximum Gasteiger partial charge on any atom is 0.264 e. The van der Waals surface area contributed by atoms with E-state index in [0.29, 0.717) is 12.1 Å². The molecule has 0 amide bonds. The molecule has 0 aliphatic carbocycles. The van der Waals surface area contributed by atoms with Crippen LogP contribution in [0.2, 0.25) is 0 Å². The molecule has 1 aromatic heterocycles. The van der Waals surface area contributed by atoms with Crippen molar-refractivity contribution in [2.45, 2.75) is 31.2 Å². The van der Waals surface area contributed by atoms with E-state index in [9.17, 15) is 13.5 Å². The molecule has 34 heavy (non-hydrogen) atoms. The number of pyridine rings is 1. The first-order valence-corrected chi connectivity index (χ1v) is 13.1. The second-order valence-corrected chi connectivity index (χ2v) is 10.6. The van der Waals surface area contributed by atoms with Crippen molar-refractivity contribution in [2.24, 2.45) is 0 Å². The van der Waals surface area contributed by atoms with Gasteiger partial charge in [-0.3, -0.25) is 4.31 Å². The molecule has 1 unspecified atom stereocenters. The van der Waals surface area contributed by atoms with Gasteiger partial charge in [-0.1, -0.05) is 12.1 Å². The molecule has 0 spiro atoms. The van der Waals surface area contributed by atoms with Crippen molar-refractivity contribution in [3.8, 4) is 11.1 Å². The Morgan fingerprint density at radius 3 is 2.47 bits per heavy atom. The summed E-state index contributed by atoms with van der Waals surface area (Å²) in [5, 5.41) is 14.6. The van der Waals surface area contributed by atoms with Crippen LogP contribution in [-0.4, -0.2) is 80.2 Å². The molecule has 0 radical (unpaired) electrons. The molecule has 3 heterocycles. The zero-order valence-electron chi connectivity index (χ0n) is 20.0. The fourth-order valence-corrected chi connectivity index (χ4v) is 6.18. The number of nitrogens with one attached hydrogen (secondary N) is 2. The predicted molar refractivity (Wildman–Crippen MR) is 133 cm³/mol. The number of anilines is 1. The predicted octanol–water partition coefficient (Wildman–Crippen LogP) is 1.60. The maximum atomic E-state index is 13.7. The Balaban J connectivity index is 1.62. The number of rotatable bonds is 8. The number of benzene rings is 1. The third-order valence-corrected chi connectivity index (χ3v) is 8.25. The Kier molecular flexibility index (Phi) is 7.42. The zero-order valence-corrected chi connectivity index (χ0v) is 20.8. The molecule has 1 aromatic carbocycles. The Labute approximate surface area is 202 Å². The summed E-state index contributed by atoms with van der Waals surface area (Å²) in [6, 6.07) is 10.9. The minimum Gasteiger partial charge on any atom is -0.396 e. The van der Waals surface area contributed by atoms with Crippen LogP contribution in [-0.2, 0) is 10.0 Å². The fraction of sp³-hybridized carbons (Fsp3) is 0.458. The molecule has 4 rings (SSSR count).